The summed E-state index contributed by atoms with van der Waals surface area (Å²) in [7, 11) is 2.06. The van der Waals surface area contributed by atoms with Crippen LogP contribution in [0.25, 0.3) is 0 Å². The lowest BCUT2D eigenvalue weighted by molar-refractivity contribution is -0.0734. The summed E-state index contributed by atoms with van der Waals surface area (Å²) in [5, 5.41) is 3.63. The molecule has 0 aromatic carbocycles. The van der Waals surface area contributed by atoms with Gasteiger partial charge < -0.3 is 14.6 Å². The van der Waals surface area contributed by atoms with Gasteiger partial charge in [0, 0.05) is 38.5 Å². The molecule has 0 amide bonds. The number of hydrogen-bond acceptors (Lipinski definition) is 3. The van der Waals surface area contributed by atoms with E-state index >= 15 is 0 Å². The highest BCUT2D eigenvalue weighted by molar-refractivity contribution is 4.97. The van der Waals surface area contributed by atoms with Gasteiger partial charge in [0.2, 0.25) is 0 Å². The molecule has 0 bridgehead atoms. The second kappa shape index (κ2) is 8.42. The second-order valence-corrected chi connectivity index (χ2v) is 5.31. The Morgan fingerprint density at radius 3 is 2.45 bits per heavy atom. The van der Waals surface area contributed by atoms with Gasteiger partial charge in [0.1, 0.15) is 5.82 Å². The largest absolute Gasteiger partial charge is 0.374 e. The molecule has 0 aliphatic heterocycles. The van der Waals surface area contributed by atoms with E-state index < -0.39 is 0 Å². The van der Waals surface area contributed by atoms with E-state index in [1.165, 1.54) is 0 Å². The molecule has 4 heteroatoms. The van der Waals surface area contributed by atoms with Gasteiger partial charge in [-0.15, -0.1) is 0 Å². The molecule has 4 nitrogen and oxygen atoms in total. The average Bonchev–Trinajstić information content (AvgIpc) is 2.86. The fourth-order valence-electron chi connectivity index (χ4n) is 3.04. The lowest BCUT2D eigenvalue weighted by Gasteiger charge is -2.40. The topological polar surface area (TPSA) is 39.1 Å². The number of rotatable bonds is 10. The Balaban J connectivity index is 2.77. The average molecular weight is 281 g/mol. The van der Waals surface area contributed by atoms with Crippen molar-refractivity contribution in [3.8, 4) is 0 Å². The zero-order valence-electron chi connectivity index (χ0n) is 13.8. The Morgan fingerprint density at radius 2 is 2.00 bits per heavy atom. The number of likely N-dealkylation sites (N-methyl/N-ethyl adjacent to an activating group) is 1. The van der Waals surface area contributed by atoms with E-state index in [1.54, 1.807) is 0 Å². The zero-order valence-corrected chi connectivity index (χ0v) is 13.8. The lowest BCUT2D eigenvalue weighted by atomic mass is 9.85. The molecule has 1 unspecified atom stereocenters. The molecule has 0 aliphatic rings. The minimum absolute atomic E-state index is 0.0596. The first-order valence-electron chi connectivity index (χ1n) is 7.97. The highest BCUT2D eigenvalue weighted by Crippen LogP contribution is 2.27. The predicted octanol–water partition coefficient (Wildman–Crippen LogP) is 2.93. The molecule has 0 saturated carbocycles. The van der Waals surface area contributed by atoms with Crippen molar-refractivity contribution < 1.29 is 4.74 Å². The summed E-state index contributed by atoms with van der Waals surface area (Å²) in [6.45, 7) is 10.4. The van der Waals surface area contributed by atoms with E-state index in [9.17, 15) is 0 Å². The molecule has 20 heavy (non-hydrogen) atoms. The van der Waals surface area contributed by atoms with Crippen molar-refractivity contribution >= 4 is 0 Å². The Morgan fingerprint density at radius 1 is 1.30 bits per heavy atom. The van der Waals surface area contributed by atoms with Gasteiger partial charge in [-0.2, -0.15) is 0 Å². The van der Waals surface area contributed by atoms with E-state index in [0.717, 1.165) is 44.7 Å². The van der Waals surface area contributed by atoms with Gasteiger partial charge in [-0.1, -0.05) is 20.8 Å². The quantitative estimate of drug-likeness (QED) is 0.716. The van der Waals surface area contributed by atoms with Crippen molar-refractivity contribution in [1.82, 2.24) is 14.9 Å². The molecular formula is C16H31N3O. The van der Waals surface area contributed by atoms with Gasteiger partial charge in [-0.05, 0) is 32.7 Å². The van der Waals surface area contributed by atoms with Crippen molar-refractivity contribution in [1.29, 1.82) is 0 Å². The smallest absolute Gasteiger partial charge is 0.108 e. The molecule has 0 spiro atoms. The molecule has 0 radical (unpaired) electrons. The Labute approximate surface area is 123 Å². The highest BCUT2D eigenvalue weighted by Gasteiger charge is 2.35. The third-order valence-electron chi connectivity index (χ3n) is 4.29. The van der Waals surface area contributed by atoms with Crippen LogP contribution in [-0.2, 0) is 18.2 Å². The van der Waals surface area contributed by atoms with E-state index in [-0.39, 0.29) is 5.60 Å². The number of ether oxygens (including phenoxy) is 1. The lowest BCUT2D eigenvalue weighted by Crippen LogP contribution is -2.52. The molecule has 1 rings (SSSR count). The van der Waals surface area contributed by atoms with Crippen molar-refractivity contribution in [2.45, 2.75) is 65.0 Å². The maximum Gasteiger partial charge on any atom is 0.108 e. The first-order valence-corrected chi connectivity index (χ1v) is 7.97. The summed E-state index contributed by atoms with van der Waals surface area (Å²) in [6, 6.07) is 0.374. The first kappa shape index (κ1) is 17.2. The molecule has 116 valence electrons. The van der Waals surface area contributed by atoms with Crippen molar-refractivity contribution in [2.75, 3.05) is 13.2 Å². The molecule has 1 aromatic rings. The van der Waals surface area contributed by atoms with Gasteiger partial charge in [-0.25, -0.2) is 4.98 Å². The van der Waals surface area contributed by atoms with Crippen LogP contribution in [0.4, 0.5) is 0 Å². The summed E-state index contributed by atoms with van der Waals surface area (Å²) in [6.07, 6.45) is 7.99. The Bertz CT molecular complexity index is 372. The first-order chi connectivity index (χ1) is 9.63. The van der Waals surface area contributed by atoms with E-state index in [1.807, 2.05) is 12.4 Å². The van der Waals surface area contributed by atoms with Crippen LogP contribution < -0.4 is 5.32 Å². The summed E-state index contributed by atoms with van der Waals surface area (Å²) < 4.78 is 8.25. The van der Waals surface area contributed by atoms with E-state index in [0.29, 0.717) is 6.04 Å². The summed E-state index contributed by atoms with van der Waals surface area (Å²) in [5.74, 6) is 1.14. The van der Waals surface area contributed by atoms with Crippen LogP contribution in [-0.4, -0.2) is 34.3 Å². The van der Waals surface area contributed by atoms with Gasteiger partial charge in [0.15, 0.2) is 0 Å². The number of nitrogens with one attached hydrogen (secondary N) is 1. The molecular weight excluding hydrogens is 250 g/mol. The molecule has 0 saturated heterocycles. The van der Waals surface area contributed by atoms with E-state index in [2.05, 4.69) is 49.6 Å². The van der Waals surface area contributed by atoms with Crippen molar-refractivity contribution in [2.24, 2.45) is 7.05 Å². The van der Waals surface area contributed by atoms with Crippen LogP contribution in [0.2, 0.25) is 0 Å². The van der Waals surface area contributed by atoms with Gasteiger partial charge in [0.25, 0.3) is 0 Å². The molecule has 0 fully saturated rings. The third-order valence-corrected chi connectivity index (χ3v) is 4.29. The van der Waals surface area contributed by atoms with Crippen LogP contribution >= 0.6 is 0 Å². The number of imidazole rings is 1. The van der Waals surface area contributed by atoms with Crippen molar-refractivity contribution in [3.63, 3.8) is 0 Å². The normalized spacial score (nSPS) is 13.7. The van der Waals surface area contributed by atoms with Crippen LogP contribution in [0.3, 0.4) is 0 Å². The molecule has 0 aliphatic carbocycles. The van der Waals surface area contributed by atoms with Crippen LogP contribution in [0.15, 0.2) is 12.4 Å². The van der Waals surface area contributed by atoms with Gasteiger partial charge in [0.05, 0.1) is 5.60 Å². The molecule has 1 atom stereocenters. The fourth-order valence-corrected chi connectivity index (χ4v) is 3.04. The van der Waals surface area contributed by atoms with Crippen molar-refractivity contribution in [3.05, 3.63) is 18.2 Å². The Hall–Kier alpha value is -0.870. The summed E-state index contributed by atoms with van der Waals surface area (Å²) in [5.41, 5.74) is -0.0596. The monoisotopic (exact) mass is 281 g/mol. The number of hydrogen-bond donors (Lipinski definition) is 1. The van der Waals surface area contributed by atoms with Gasteiger partial charge >= 0.3 is 0 Å². The summed E-state index contributed by atoms with van der Waals surface area (Å²) in [4.78, 5) is 4.42. The van der Waals surface area contributed by atoms with Crippen LogP contribution in [0, 0.1) is 0 Å². The van der Waals surface area contributed by atoms with Crippen LogP contribution in [0.5, 0.6) is 0 Å². The fraction of sp³-hybridized carbons (Fsp3) is 0.812. The standard InChI is InChI=1S/C16H31N3O/c1-6-16(7-2,20-9-4)14(17-8-3)10-11-15-18-12-13-19(15)5/h12-14,17H,6-11H2,1-5H3. The molecule has 1 heterocycles. The summed E-state index contributed by atoms with van der Waals surface area (Å²) >= 11 is 0. The molecule has 1 aromatic heterocycles. The predicted molar refractivity (Wildman–Crippen MR) is 83.9 cm³/mol. The zero-order chi connectivity index (χ0) is 15.0. The highest BCUT2D eigenvalue weighted by atomic mass is 16.5. The van der Waals surface area contributed by atoms with Crippen LogP contribution in [0.1, 0.15) is 52.8 Å². The SMILES string of the molecule is CCNC(CCc1nccn1C)C(CC)(CC)OCC. The maximum atomic E-state index is 6.15. The second-order valence-electron chi connectivity index (χ2n) is 5.31. The maximum absolute atomic E-state index is 6.15. The minimum atomic E-state index is -0.0596. The van der Waals surface area contributed by atoms with Gasteiger partial charge in [-0.3, -0.25) is 0 Å². The number of aromatic nitrogens is 2. The number of aryl methyl sites for hydroxylation is 2. The van der Waals surface area contributed by atoms with E-state index in [4.69, 9.17) is 4.74 Å². The minimum Gasteiger partial charge on any atom is -0.374 e. The third kappa shape index (κ3) is 4.06. The number of nitrogens with zero attached hydrogens (tertiary/aromatic N) is 2. The molecule has 1 N–H and O–H groups in total. The Kier molecular flexibility index (Phi) is 7.24.